The predicted octanol–water partition coefficient (Wildman–Crippen LogP) is 4.89. The highest BCUT2D eigenvalue weighted by molar-refractivity contribution is 6.31. The molecular weight excluding hydrogens is 373 g/mol. The van der Waals surface area contributed by atoms with Gasteiger partial charge in [-0.1, -0.05) is 29.3 Å². The van der Waals surface area contributed by atoms with E-state index in [1.54, 1.807) is 54.6 Å². The summed E-state index contributed by atoms with van der Waals surface area (Å²) in [6.07, 6.45) is 0. The van der Waals surface area contributed by atoms with Gasteiger partial charge >= 0.3 is 0 Å². The Balaban J connectivity index is 1.72. The second-order valence-corrected chi connectivity index (χ2v) is 6.20. The van der Waals surface area contributed by atoms with Gasteiger partial charge in [-0.2, -0.15) is 0 Å². The molecule has 0 spiro atoms. The lowest BCUT2D eigenvalue weighted by Crippen LogP contribution is -2.18. The molecule has 0 radical (unpaired) electrons. The number of amides is 2. The van der Waals surface area contributed by atoms with E-state index in [2.05, 4.69) is 15.6 Å². The summed E-state index contributed by atoms with van der Waals surface area (Å²) < 4.78 is 0. The maximum absolute atomic E-state index is 12.3. The predicted molar refractivity (Wildman–Crippen MR) is 103 cm³/mol. The normalized spacial score (nSPS) is 10.2. The number of aromatic nitrogens is 1. The lowest BCUT2D eigenvalue weighted by molar-refractivity contribution is 0.101. The van der Waals surface area contributed by atoms with E-state index in [1.807, 2.05) is 0 Å². The minimum absolute atomic E-state index is 0.128. The molecule has 0 aliphatic rings. The molecule has 2 N–H and O–H groups in total. The number of nitrogens with zero attached hydrogens (tertiary/aromatic N) is 1. The Morgan fingerprint density at radius 1 is 0.654 bits per heavy atom. The monoisotopic (exact) mass is 385 g/mol. The van der Waals surface area contributed by atoms with Crippen LogP contribution in [0.1, 0.15) is 21.0 Å². The summed E-state index contributed by atoms with van der Waals surface area (Å²) in [5, 5.41) is 6.54. The minimum Gasteiger partial charge on any atom is -0.321 e. The lowest BCUT2D eigenvalue weighted by Gasteiger charge is -2.07. The number of hydrogen-bond acceptors (Lipinski definition) is 3. The van der Waals surface area contributed by atoms with Crippen LogP contribution in [0.5, 0.6) is 0 Å². The van der Waals surface area contributed by atoms with Gasteiger partial charge in [0.15, 0.2) is 0 Å². The average Bonchev–Trinajstić information content (AvgIpc) is 2.65. The van der Waals surface area contributed by atoms with Crippen LogP contribution in [-0.4, -0.2) is 16.8 Å². The van der Waals surface area contributed by atoms with Crippen LogP contribution in [0, 0.1) is 0 Å². The Hall–Kier alpha value is -2.89. The first-order chi connectivity index (χ1) is 12.5. The first-order valence-corrected chi connectivity index (χ1v) is 8.38. The van der Waals surface area contributed by atoms with Gasteiger partial charge in [0.05, 0.1) is 0 Å². The van der Waals surface area contributed by atoms with E-state index < -0.39 is 11.8 Å². The number of pyridine rings is 1. The van der Waals surface area contributed by atoms with Crippen LogP contribution in [0.4, 0.5) is 11.4 Å². The maximum Gasteiger partial charge on any atom is 0.274 e. The van der Waals surface area contributed by atoms with E-state index in [0.29, 0.717) is 21.4 Å². The molecule has 0 saturated heterocycles. The molecule has 2 aromatic carbocycles. The maximum atomic E-state index is 12.3. The first-order valence-electron chi connectivity index (χ1n) is 7.62. The van der Waals surface area contributed by atoms with E-state index in [-0.39, 0.29) is 11.4 Å². The molecule has 3 aromatic rings. The number of anilines is 2. The summed E-state index contributed by atoms with van der Waals surface area (Å²) in [7, 11) is 0. The van der Waals surface area contributed by atoms with Crippen molar-refractivity contribution >= 4 is 46.4 Å². The fourth-order valence-corrected chi connectivity index (χ4v) is 2.40. The topological polar surface area (TPSA) is 71.1 Å². The fourth-order valence-electron chi connectivity index (χ4n) is 2.14. The molecule has 7 heteroatoms. The van der Waals surface area contributed by atoms with E-state index in [0.717, 1.165) is 0 Å². The molecule has 26 heavy (non-hydrogen) atoms. The Morgan fingerprint density at radius 2 is 1.04 bits per heavy atom. The second kappa shape index (κ2) is 7.99. The standard InChI is InChI=1S/C19H13Cl2N3O2/c20-12-4-8-14(9-5-12)22-18(25)16-2-1-3-17(24-16)19(26)23-15-10-6-13(21)7-11-15/h1-11H,(H,22,25)(H,23,26). The van der Waals surface area contributed by atoms with Gasteiger partial charge in [0, 0.05) is 21.4 Å². The van der Waals surface area contributed by atoms with E-state index in [9.17, 15) is 9.59 Å². The summed E-state index contributed by atoms with van der Waals surface area (Å²) in [6, 6.07) is 18.0. The molecule has 1 aromatic heterocycles. The number of benzene rings is 2. The van der Waals surface area contributed by atoms with Crippen LogP contribution in [-0.2, 0) is 0 Å². The molecular formula is C19H13Cl2N3O2. The third-order valence-corrected chi connectivity index (χ3v) is 3.92. The smallest absolute Gasteiger partial charge is 0.274 e. The molecule has 0 fully saturated rings. The van der Waals surface area contributed by atoms with Crippen LogP contribution in [0.2, 0.25) is 10.0 Å². The van der Waals surface area contributed by atoms with Crippen molar-refractivity contribution in [1.29, 1.82) is 0 Å². The summed E-state index contributed by atoms with van der Waals surface area (Å²) in [6.45, 7) is 0. The van der Waals surface area contributed by atoms with Gasteiger partial charge in [-0.05, 0) is 60.7 Å². The first kappa shape index (κ1) is 17.9. The molecule has 0 saturated carbocycles. The van der Waals surface area contributed by atoms with Crippen molar-refractivity contribution < 1.29 is 9.59 Å². The lowest BCUT2D eigenvalue weighted by atomic mass is 10.2. The zero-order valence-corrected chi connectivity index (χ0v) is 14.9. The van der Waals surface area contributed by atoms with Crippen molar-refractivity contribution in [2.24, 2.45) is 0 Å². The Kier molecular flexibility index (Phi) is 5.51. The number of carbonyl (C=O) groups excluding carboxylic acids is 2. The van der Waals surface area contributed by atoms with Crippen molar-refractivity contribution in [3.8, 4) is 0 Å². The number of nitrogens with one attached hydrogen (secondary N) is 2. The van der Waals surface area contributed by atoms with Crippen molar-refractivity contribution in [2.75, 3.05) is 10.6 Å². The summed E-state index contributed by atoms with van der Waals surface area (Å²) in [4.78, 5) is 28.8. The summed E-state index contributed by atoms with van der Waals surface area (Å²) in [5.74, 6) is -0.845. The SMILES string of the molecule is O=C(Nc1ccc(Cl)cc1)c1cccc(C(=O)Nc2ccc(Cl)cc2)n1. The Labute approximate surface area is 160 Å². The number of halogens is 2. The minimum atomic E-state index is -0.423. The highest BCUT2D eigenvalue weighted by atomic mass is 35.5. The molecule has 3 rings (SSSR count). The quantitative estimate of drug-likeness (QED) is 0.671. The molecule has 2 amide bonds. The van der Waals surface area contributed by atoms with Crippen molar-refractivity contribution in [2.45, 2.75) is 0 Å². The van der Waals surface area contributed by atoms with Crippen molar-refractivity contribution in [3.05, 3.63) is 88.2 Å². The molecule has 1 heterocycles. The van der Waals surface area contributed by atoms with Gasteiger partial charge in [-0.3, -0.25) is 9.59 Å². The summed E-state index contributed by atoms with van der Waals surface area (Å²) in [5.41, 5.74) is 1.42. The number of rotatable bonds is 4. The van der Waals surface area contributed by atoms with Crippen molar-refractivity contribution in [1.82, 2.24) is 4.98 Å². The second-order valence-electron chi connectivity index (χ2n) is 5.33. The summed E-state index contributed by atoms with van der Waals surface area (Å²) >= 11 is 11.6. The van der Waals surface area contributed by atoms with E-state index in [1.165, 1.54) is 12.1 Å². The van der Waals surface area contributed by atoms with Crippen LogP contribution in [0.3, 0.4) is 0 Å². The highest BCUT2D eigenvalue weighted by Crippen LogP contribution is 2.16. The molecule has 0 aliphatic heterocycles. The molecule has 0 unspecified atom stereocenters. The zero-order valence-electron chi connectivity index (χ0n) is 13.4. The molecule has 0 bridgehead atoms. The Morgan fingerprint density at radius 3 is 1.42 bits per heavy atom. The van der Waals surface area contributed by atoms with Crippen LogP contribution in [0.15, 0.2) is 66.7 Å². The van der Waals surface area contributed by atoms with Crippen LogP contribution >= 0.6 is 23.2 Å². The van der Waals surface area contributed by atoms with Gasteiger partial charge in [-0.25, -0.2) is 4.98 Å². The largest absolute Gasteiger partial charge is 0.321 e. The average molecular weight is 386 g/mol. The van der Waals surface area contributed by atoms with Gasteiger partial charge < -0.3 is 10.6 Å². The number of carbonyl (C=O) groups is 2. The third kappa shape index (κ3) is 4.59. The van der Waals surface area contributed by atoms with Gasteiger partial charge in [0.2, 0.25) is 0 Å². The van der Waals surface area contributed by atoms with Crippen molar-refractivity contribution in [3.63, 3.8) is 0 Å². The van der Waals surface area contributed by atoms with Crippen LogP contribution in [0.25, 0.3) is 0 Å². The van der Waals surface area contributed by atoms with E-state index >= 15 is 0 Å². The highest BCUT2D eigenvalue weighted by Gasteiger charge is 2.13. The molecule has 5 nitrogen and oxygen atoms in total. The van der Waals surface area contributed by atoms with Gasteiger partial charge in [0.1, 0.15) is 11.4 Å². The fraction of sp³-hybridized carbons (Fsp3) is 0. The van der Waals surface area contributed by atoms with Gasteiger partial charge in [-0.15, -0.1) is 0 Å². The molecule has 130 valence electrons. The van der Waals surface area contributed by atoms with E-state index in [4.69, 9.17) is 23.2 Å². The number of hydrogen-bond donors (Lipinski definition) is 2. The molecule has 0 aliphatic carbocycles. The Bertz CT molecular complexity index is 867. The third-order valence-electron chi connectivity index (χ3n) is 3.42. The molecule has 0 atom stereocenters. The zero-order chi connectivity index (χ0) is 18.5. The van der Waals surface area contributed by atoms with Crippen LogP contribution < -0.4 is 10.6 Å². The van der Waals surface area contributed by atoms with Gasteiger partial charge in [0.25, 0.3) is 11.8 Å².